The van der Waals surface area contributed by atoms with E-state index in [9.17, 15) is 18.5 Å². The van der Waals surface area contributed by atoms with E-state index in [1.165, 1.54) is 18.2 Å². The Morgan fingerprint density at radius 3 is 2.63 bits per heavy atom. The molecule has 7 heteroatoms. The molecule has 140 valence electrons. The summed E-state index contributed by atoms with van der Waals surface area (Å²) in [6, 6.07) is 11.7. The first-order valence-electron chi connectivity index (χ1n) is 8.57. The van der Waals surface area contributed by atoms with Gasteiger partial charge in [-0.05, 0) is 56.2 Å². The summed E-state index contributed by atoms with van der Waals surface area (Å²) in [5, 5.41) is 9.27. The molecule has 2 aromatic carbocycles. The number of hydrogen-bond donors (Lipinski definition) is 0. The van der Waals surface area contributed by atoms with E-state index in [2.05, 4.69) is 6.07 Å². The standard InChI is InChI=1S/C20H20N2O4S/c1-13(2)26-19-8-7-15(27(3,24)25)11-17(19)20(23)22-10-9-16-14(12-21)5-4-6-18(16)22/h4-8,11,13H,9-10H2,1-3H3. The largest absolute Gasteiger partial charge is 0.490 e. The molecule has 1 aliphatic rings. The highest BCUT2D eigenvalue weighted by atomic mass is 32.2. The Kier molecular flexibility index (Phi) is 4.94. The Bertz CT molecular complexity index is 1050. The van der Waals surface area contributed by atoms with Gasteiger partial charge in [0.05, 0.1) is 28.2 Å². The van der Waals surface area contributed by atoms with E-state index >= 15 is 0 Å². The van der Waals surface area contributed by atoms with Gasteiger partial charge in [0.25, 0.3) is 5.91 Å². The fraction of sp³-hybridized carbons (Fsp3) is 0.300. The molecule has 0 atom stereocenters. The van der Waals surface area contributed by atoms with Crippen molar-refractivity contribution in [2.45, 2.75) is 31.3 Å². The summed E-state index contributed by atoms with van der Waals surface area (Å²) in [5.74, 6) is -0.00252. The second-order valence-corrected chi connectivity index (χ2v) is 8.73. The van der Waals surface area contributed by atoms with Crippen LogP contribution in [0.5, 0.6) is 5.75 Å². The Morgan fingerprint density at radius 1 is 1.26 bits per heavy atom. The number of ether oxygens (including phenoxy) is 1. The van der Waals surface area contributed by atoms with Crippen LogP contribution in [0.25, 0.3) is 0 Å². The Hall–Kier alpha value is -2.85. The van der Waals surface area contributed by atoms with Crippen LogP contribution in [0.2, 0.25) is 0 Å². The maximum Gasteiger partial charge on any atom is 0.262 e. The number of amides is 1. The highest BCUT2D eigenvalue weighted by Crippen LogP contribution is 2.34. The van der Waals surface area contributed by atoms with Crippen molar-refractivity contribution in [2.75, 3.05) is 17.7 Å². The molecule has 0 unspecified atom stereocenters. The average Bonchev–Trinajstić information content (AvgIpc) is 3.04. The molecule has 0 aromatic heterocycles. The first kappa shape index (κ1) is 18.9. The first-order valence-corrected chi connectivity index (χ1v) is 10.5. The molecule has 0 bridgehead atoms. The molecule has 1 aliphatic heterocycles. The molecule has 0 aliphatic carbocycles. The number of nitrogens with zero attached hydrogens (tertiary/aromatic N) is 2. The van der Waals surface area contributed by atoms with Gasteiger partial charge in [0.1, 0.15) is 5.75 Å². The summed E-state index contributed by atoms with van der Waals surface area (Å²) in [6.45, 7) is 4.10. The van der Waals surface area contributed by atoms with Crippen molar-refractivity contribution in [1.29, 1.82) is 5.26 Å². The van der Waals surface area contributed by atoms with Gasteiger partial charge in [-0.1, -0.05) is 6.07 Å². The third kappa shape index (κ3) is 3.67. The molecule has 0 fully saturated rings. The first-order chi connectivity index (χ1) is 12.7. The topological polar surface area (TPSA) is 87.5 Å². The fourth-order valence-electron chi connectivity index (χ4n) is 3.16. The van der Waals surface area contributed by atoms with Crippen molar-refractivity contribution in [3.05, 3.63) is 53.1 Å². The van der Waals surface area contributed by atoms with Crippen LogP contribution in [0.4, 0.5) is 5.69 Å². The van der Waals surface area contributed by atoms with Gasteiger partial charge in [0.2, 0.25) is 0 Å². The zero-order valence-electron chi connectivity index (χ0n) is 15.4. The van der Waals surface area contributed by atoms with Crippen LogP contribution in [-0.2, 0) is 16.3 Å². The van der Waals surface area contributed by atoms with Crippen LogP contribution in [0.15, 0.2) is 41.3 Å². The third-order valence-corrected chi connectivity index (χ3v) is 5.48. The van der Waals surface area contributed by atoms with Crippen molar-refractivity contribution in [2.24, 2.45) is 0 Å². The number of rotatable bonds is 4. The molecule has 0 spiro atoms. The third-order valence-electron chi connectivity index (χ3n) is 4.37. The van der Waals surface area contributed by atoms with E-state index < -0.39 is 9.84 Å². The maximum atomic E-state index is 13.3. The van der Waals surface area contributed by atoms with Gasteiger partial charge in [-0.3, -0.25) is 4.79 Å². The average molecular weight is 384 g/mol. The molecule has 0 saturated carbocycles. The number of benzene rings is 2. The monoisotopic (exact) mass is 384 g/mol. The van der Waals surface area contributed by atoms with Crippen molar-refractivity contribution < 1.29 is 17.9 Å². The normalized spacial score (nSPS) is 13.4. The summed E-state index contributed by atoms with van der Waals surface area (Å²) in [6.07, 6.45) is 1.51. The quantitative estimate of drug-likeness (QED) is 0.809. The summed E-state index contributed by atoms with van der Waals surface area (Å²) < 4.78 is 29.6. The molecule has 6 nitrogen and oxygen atoms in total. The summed E-state index contributed by atoms with van der Waals surface area (Å²) >= 11 is 0. The number of sulfone groups is 1. The van der Waals surface area contributed by atoms with Crippen molar-refractivity contribution in [1.82, 2.24) is 0 Å². The summed E-state index contributed by atoms with van der Waals surface area (Å²) in [5.41, 5.74) is 2.26. The van der Waals surface area contributed by atoms with E-state index in [0.29, 0.717) is 30.0 Å². The Labute approximate surface area is 158 Å². The van der Waals surface area contributed by atoms with E-state index in [1.807, 2.05) is 13.8 Å². The molecule has 0 saturated heterocycles. The number of nitriles is 1. The van der Waals surface area contributed by atoms with Gasteiger partial charge >= 0.3 is 0 Å². The summed E-state index contributed by atoms with van der Waals surface area (Å²) in [7, 11) is -3.47. The van der Waals surface area contributed by atoms with E-state index in [-0.39, 0.29) is 22.5 Å². The number of hydrogen-bond acceptors (Lipinski definition) is 5. The molecule has 1 heterocycles. The van der Waals surface area contributed by atoms with E-state index in [1.54, 1.807) is 23.1 Å². The van der Waals surface area contributed by atoms with Gasteiger partial charge in [0, 0.05) is 18.5 Å². The lowest BCUT2D eigenvalue weighted by Crippen LogP contribution is -2.29. The van der Waals surface area contributed by atoms with E-state index in [4.69, 9.17) is 4.74 Å². The highest BCUT2D eigenvalue weighted by molar-refractivity contribution is 7.90. The fourth-order valence-corrected chi connectivity index (χ4v) is 3.81. The summed E-state index contributed by atoms with van der Waals surface area (Å²) in [4.78, 5) is 14.9. The zero-order chi connectivity index (χ0) is 19.8. The highest BCUT2D eigenvalue weighted by Gasteiger charge is 2.30. The molecule has 2 aromatic rings. The van der Waals surface area contributed by atoms with Crippen molar-refractivity contribution in [3.8, 4) is 11.8 Å². The minimum absolute atomic E-state index is 0.0622. The van der Waals surface area contributed by atoms with Crippen LogP contribution in [0.3, 0.4) is 0 Å². The second kappa shape index (κ2) is 7.05. The smallest absolute Gasteiger partial charge is 0.262 e. The van der Waals surface area contributed by atoms with Gasteiger partial charge in [-0.15, -0.1) is 0 Å². The van der Waals surface area contributed by atoms with Crippen LogP contribution in [0.1, 0.15) is 35.3 Å². The SMILES string of the molecule is CC(C)Oc1ccc(S(C)(=O)=O)cc1C(=O)N1CCc2c(C#N)cccc21. The predicted octanol–water partition coefficient (Wildman–Crippen LogP) is 2.95. The molecule has 1 amide bonds. The van der Waals surface area contributed by atoms with Gasteiger partial charge in [-0.25, -0.2) is 8.42 Å². The van der Waals surface area contributed by atoms with Crippen LogP contribution in [-0.4, -0.2) is 33.2 Å². The lowest BCUT2D eigenvalue weighted by atomic mass is 10.1. The van der Waals surface area contributed by atoms with Gasteiger partial charge in [0.15, 0.2) is 9.84 Å². The van der Waals surface area contributed by atoms with Crippen LogP contribution < -0.4 is 9.64 Å². The second-order valence-electron chi connectivity index (χ2n) is 6.72. The molecule has 0 radical (unpaired) electrons. The number of anilines is 1. The minimum atomic E-state index is -3.47. The molecule has 0 N–H and O–H groups in total. The van der Waals surface area contributed by atoms with E-state index in [0.717, 1.165) is 11.8 Å². The number of fused-ring (bicyclic) bond motifs is 1. The zero-order valence-corrected chi connectivity index (χ0v) is 16.2. The predicted molar refractivity (Wildman–Crippen MR) is 102 cm³/mol. The molecular weight excluding hydrogens is 364 g/mol. The number of carbonyl (C=O) groups excluding carboxylic acids is 1. The molecule has 27 heavy (non-hydrogen) atoms. The lowest BCUT2D eigenvalue weighted by molar-refractivity contribution is 0.0983. The van der Waals surface area contributed by atoms with Crippen LogP contribution in [0, 0.1) is 11.3 Å². The Morgan fingerprint density at radius 2 is 2.00 bits per heavy atom. The maximum absolute atomic E-state index is 13.3. The molecular formula is C20H20N2O4S. The van der Waals surface area contributed by atoms with Gasteiger partial charge in [-0.2, -0.15) is 5.26 Å². The van der Waals surface area contributed by atoms with Crippen molar-refractivity contribution >= 4 is 21.4 Å². The van der Waals surface area contributed by atoms with Gasteiger partial charge < -0.3 is 9.64 Å². The molecule has 3 rings (SSSR count). The lowest BCUT2D eigenvalue weighted by Gasteiger charge is -2.21. The Balaban J connectivity index is 2.09. The van der Waals surface area contributed by atoms with Crippen LogP contribution >= 0.6 is 0 Å². The minimum Gasteiger partial charge on any atom is -0.490 e. The number of carbonyl (C=O) groups is 1. The van der Waals surface area contributed by atoms with Crippen molar-refractivity contribution in [3.63, 3.8) is 0 Å².